The number of aryl methyl sites for hydroxylation is 1. The molecule has 0 spiro atoms. The summed E-state index contributed by atoms with van der Waals surface area (Å²) in [5.41, 5.74) is -2.15. The van der Waals surface area contributed by atoms with E-state index in [1.54, 1.807) is 6.07 Å². The van der Waals surface area contributed by atoms with E-state index in [-0.39, 0.29) is 17.1 Å². The van der Waals surface area contributed by atoms with Gasteiger partial charge in [-0.3, -0.25) is 4.79 Å². The van der Waals surface area contributed by atoms with Gasteiger partial charge in [-0.2, -0.15) is 17.6 Å². The fraction of sp³-hybridized carbons (Fsp3) is 0.200. The number of nitrogens with zero attached hydrogens (tertiary/aromatic N) is 3. The lowest BCUT2D eigenvalue weighted by Crippen LogP contribution is -2.21. The van der Waals surface area contributed by atoms with Crippen molar-refractivity contribution in [1.82, 2.24) is 19.9 Å². The summed E-state index contributed by atoms with van der Waals surface area (Å²) in [5.74, 6) is -2.30. The highest BCUT2D eigenvalue weighted by molar-refractivity contribution is 7.89. The zero-order valence-electron chi connectivity index (χ0n) is 17.5. The Hall–Kier alpha value is -3.29. The molecule has 3 aromatic rings. The van der Waals surface area contributed by atoms with Crippen LogP contribution < -0.4 is 14.8 Å². The number of anilines is 1. The first-order chi connectivity index (χ1) is 15.5. The first-order valence-corrected chi connectivity index (χ1v) is 10.4. The summed E-state index contributed by atoms with van der Waals surface area (Å²) in [5, 5.41) is 9.08. The number of nitrogens with one attached hydrogen (secondary N) is 2. The van der Waals surface area contributed by atoms with Gasteiger partial charge >= 0.3 is 6.18 Å². The number of aromatic nitrogens is 3. The van der Waals surface area contributed by atoms with Gasteiger partial charge in [0.1, 0.15) is 5.56 Å². The van der Waals surface area contributed by atoms with Crippen LogP contribution in [0, 0.1) is 19.8 Å². The molecule has 0 aliphatic carbocycles. The van der Waals surface area contributed by atoms with E-state index in [9.17, 15) is 26.9 Å². The van der Waals surface area contributed by atoms with Crippen molar-refractivity contribution < 1.29 is 31.6 Å². The number of pyridine rings is 1. The fourth-order valence-electron chi connectivity index (χ4n) is 2.84. The van der Waals surface area contributed by atoms with E-state index in [2.05, 4.69) is 25.2 Å². The van der Waals surface area contributed by atoms with Crippen LogP contribution in [0.2, 0.25) is 0 Å². The molecule has 0 saturated carbocycles. The second-order valence-corrected chi connectivity index (χ2v) is 8.04. The van der Waals surface area contributed by atoms with Gasteiger partial charge in [-0.25, -0.2) is 4.98 Å². The number of hydrogen-bond acceptors (Lipinski definition) is 7. The first-order valence-electron chi connectivity index (χ1n) is 9.27. The Morgan fingerprint density at radius 3 is 2.52 bits per heavy atom. The number of alkyl halides is 3. The predicted octanol–water partition coefficient (Wildman–Crippen LogP) is 3.93. The molecule has 0 aliphatic heterocycles. The summed E-state index contributed by atoms with van der Waals surface area (Å²) in [6, 6.07) is 8.11. The molecule has 8 nitrogen and oxygen atoms in total. The molecule has 1 aromatic carbocycles. The maximum atomic E-state index is 13.4. The SMILES string of the molecule is CN[S+]([O-])c1cccc(NC(=O)c2c(Oc3ccc(F)nc3C)nnc(C(F)(F)F)c2C)c1. The zero-order chi connectivity index (χ0) is 24.3. The van der Waals surface area contributed by atoms with Gasteiger partial charge < -0.3 is 14.6 Å². The predicted molar refractivity (Wildman–Crippen MR) is 111 cm³/mol. The third-order valence-corrected chi connectivity index (χ3v) is 5.43. The summed E-state index contributed by atoms with van der Waals surface area (Å²) in [7, 11) is 1.47. The Morgan fingerprint density at radius 2 is 1.88 bits per heavy atom. The number of carbonyl (C=O) groups excluding carboxylic acids is 1. The van der Waals surface area contributed by atoms with Gasteiger partial charge in [0.25, 0.3) is 11.8 Å². The lowest BCUT2D eigenvalue weighted by Gasteiger charge is -2.16. The third-order valence-electron chi connectivity index (χ3n) is 4.38. The molecule has 0 radical (unpaired) electrons. The summed E-state index contributed by atoms with van der Waals surface area (Å²) < 4.78 is 73.5. The van der Waals surface area contributed by atoms with Crippen LogP contribution >= 0.6 is 0 Å². The summed E-state index contributed by atoms with van der Waals surface area (Å²) >= 11 is -1.55. The monoisotopic (exact) mass is 483 g/mol. The number of hydrogen-bond donors (Lipinski definition) is 2. The highest BCUT2D eigenvalue weighted by atomic mass is 32.2. The van der Waals surface area contributed by atoms with Crippen LogP contribution in [0.25, 0.3) is 0 Å². The fourth-order valence-corrected chi connectivity index (χ4v) is 3.51. The van der Waals surface area contributed by atoms with Crippen molar-refractivity contribution in [3.05, 3.63) is 64.9 Å². The molecule has 0 bridgehead atoms. The van der Waals surface area contributed by atoms with E-state index < -0.39 is 52.1 Å². The van der Waals surface area contributed by atoms with Gasteiger partial charge in [-0.1, -0.05) is 6.07 Å². The molecular weight excluding hydrogens is 466 g/mol. The van der Waals surface area contributed by atoms with Crippen LogP contribution in [0.3, 0.4) is 0 Å². The molecule has 0 saturated heterocycles. The van der Waals surface area contributed by atoms with Crippen molar-refractivity contribution in [2.75, 3.05) is 12.4 Å². The second kappa shape index (κ2) is 9.68. The van der Waals surface area contributed by atoms with Crippen molar-refractivity contribution in [2.45, 2.75) is 24.9 Å². The van der Waals surface area contributed by atoms with Crippen molar-refractivity contribution in [3.8, 4) is 11.6 Å². The minimum atomic E-state index is -4.87. The number of benzene rings is 1. The number of ether oxygens (including phenoxy) is 1. The van der Waals surface area contributed by atoms with Crippen LogP contribution in [0.1, 0.15) is 27.3 Å². The molecule has 2 N–H and O–H groups in total. The third kappa shape index (κ3) is 5.56. The van der Waals surface area contributed by atoms with E-state index in [0.29, 0.717) is 4.90 Å². The summed E-state index contributed by atoms with van der Waals surface area (Å²) in [6.07, 6.45) is -4.87. The number of halogens is 4. The highest BCUT2D eigenvalue weighted by Crippen LogP contribution is 2.35. The summed E-state index contributed by atoms with van der Waals surface area (Å²) in [6.45, 7) is 2.47. The Bertz CT molecular complexity index is 1190. The zero-order valence-corrected chi connectivity index (χ0v) is 18.3. The molecule has 2 aromatic heterocycles. The van der Waals surface area contributed by atoms with Crippen molar-refractivity contribution in [2.24, 2.45) is 0 Å². The summed E-state index contributed by atoms with van der Waals surface area (Å²) in [4.78, 5) is 16.9. The molecule has 0 fully saturated rings. The van der Waals surface area contributed by atoms with Crippen LogP contribution in [-0.4, -0.2) is 32.7 Å². The number of amides is 1. The Balaban J connectivity index is 2.04. The van der Waals surface area contributed by atoms with E-state index in [0.717, 1.165) is 13.0 Å². The van der Waals surface area contributed by atoms with Crippen LogP contribution in [0.5, 0.6) is 11.6 Å². The normalized spacial score (nSPS) is 12.4. The maximum absolute atomic E-state index is 13.4. The quantitative estimate of drug-likeness (QED) is 0.310. The van der Waals surface area contributed by atoms with Crippen LogP contribution in [-0.2, 0) is 17.5 Å². The van der Waals surface area contributed by atoms with Gasteiger partial charge in [0, 0.05) is 18.8 Å². The Kier molecular flexibility index (Phi) is 7.15. The standard InChI is InChI=1S/C20H17F4N5O3S/c1-10-16(18(30)27-12-5-4-6-13(9-12)33(31)25-3)19(29-28-17(10)20(22,23)24)32-14-7-8-15(21)26-11(14)2/h4-9,25H,1-3H3,(H,27,30). The number of rotatable bonds is 6. The Labute approximate surface area is 188 Å². The van der Waals surface area contributed by atoms with E-state index in [1.165, 1.54) is 38.2 Å². The molecule has 0 aliphatic rings. The minimum absolute atomic E-state index is 0.0228. The lowest BCUT2D eigenvalue weighted by atomic mass is 10.1. The molecule has 3 rings (SSSR count). The largest absolute Gasteiger partial charge is 0.593 e. The smallest absolute Gasteiger partial charge is 0.435 e. The van der Waals surface area contributed by atoms with Gasteiger partial charge in [-0.05, 0) is 43.7 Å². The van der Waals surface area contributed by atoms with Crippen LogP contribution in [0.15, 0.2) is 41.3 Å². The van der Waals surface area contributed by atoms with Gasteiger partial charge in [-0.15, -0.1) is 14.9 Å². The van der Waals surface area contributed by atoms with E-state index in [4.69, 9.17) is 4.74 Å². The average Bonchev–Trinajstić information content (AvgIpc) is 2.74. The molecule has 174 valence electrons. The number of carbonyl (C=O) groups is 1. The van der Waals surface area contributed by atoms with Crippen molar-refractivity contribution >= 4 is 23.0 Å². The molecule has 1 unspecified atom stereocenters. The topological polar surface area (TPSA) is 112 Å². The molecule has 1 atom stereocenters. The van der Waals surface area contributed by atoms with Gasteiger partial charge in [0.15, 0.2) is 16.3 Å². The lowest BCUT2D eigenvalue weighted by molar-refractivity contribution is -0.142. The maximum Gasteiger partial charge on any atom is 0.435 e. The molecule has 13 heteroatoms. The highest BCUT2D eigenvalue weighted by Gasteiger charge is 2.38. The van der Waals surface area contributed by atoms with Gasteiger partial charge in [0.2, 0.25) is 5.95 Å². The van der Waals surface area contributed by atoms with Crippen LogP contribution in [0.4, 0.5) is 23.2 Å². The Morgan fingerprint density at radius 1 is 1.15 bits per heavy atom. The molecule has 1 amide bonds. The molecule has 33 heavy (non-hydrogen) atoms. The van der Waals surface area contributed by atoms with Gasteiger partial charge in [0.05, 0.1) is 17.1 Å². The minimum Gasteiger partial charge on any atom is -0.593 e. The van der Waals surface area contributed by atoms with Crippen molar-refractivity contribution in [1.29, 1.82) is 0 Å². The molecule has 2 heterocycles. The molecular formula is C20H17F4N5O3S. The first kappa shape index (κ1) is 24.4. The van der Waals surface area contributed by atoms with E-state index >= 15 is 0 Å². The van der Waals surface area contributed by atoms with E-state index in [1.807, 2.05) is 0 Å². The van der Waals surface area contributed by atoms with Crippen molar-refractivity contribution in [3.63, 3.8) is 0 Å². The average molecular weight is 483 g/mol. The second-order valence-electron chi connectivity index (χ2n) is 6.63.